The van der Waals surface area contributed by atoms with Crippen molar-refractivity contribution >= 4 is 12.1 Å². The summed E-state index contributed by atoms with van der Waals surface area (Å²) in [7, 11) is 1.35. The average molecular weight is 468 g/mol. The minimum atomic E-state index is -1.74. The number of rotatable bonds is 6. The topological polar surface area (TPSA) is 122 Å². The zero-order valence-corrected chi connectivity index (χ0v) is 19.6. The zero-order chi connectivity index (χ0) is 24.2. The third-order valence-electron chi connectivity index (χ3n) is 5.51. The monoisotopic (exact) mass is 467 g/mol. The Labute approximate surface area is 193 Å². The smallest absolute Gasteiger partial charge is 0.407 e. The van der Waals surface area contributed by atoms with Gasteiger partial charge < -0.3 is 38.8 Å². The number of nitrogens with one attached hydrogen (secondary N) is 1. The molecule has 6 atom stereocenters. The SMILES string of the molecule is CCOC(=O)[C@@]1(CNC(=O)OC(C)(C)C)[C@@H]2O[C@H](c3ccccc3)OC[C@H]2O[C@@H](OC)[C@@H]1O. The summed E-state index contributed by atoms with van der Waals surface area (Å²) in [6.07, 6.45) is -6.00. The number of carbonyl (C=O) groups is 2. The van der Waals surface area contributed by atoms with E-state index >= 15 is 0 Å². The van der Waals surface area contributed by atoms with Crippen molar-refractivity contribution in [1.29, 1.82) is 0 Å². The normalized spacial score (nSPS) is 31.9. The van der Waals surface area contributed by atoms with Gasteiger partial charge in [0.2, 0.25) is 0 Å². The minimum absolute atomic E-state index is 0.0637. The molecule has 33 heavy (non-hydrogen) atoms. The zero-order valence-electron chi connectivity index (χ0n) is 19.6. The molecular weight excluding hydrogens is 434 g/mol. The van der Waals surface area contributed by atoms with Crippen LogP contribution in [0, 0.1) is 5.41 Å². The summed E-state index contributed by atoms with van der Waals surface area (Å²) in [6, 6.07) is 9.19. The highest BCUT2D eigenvalue weighted by molar-refractivity contribution is 5.80. The minimum Gasteiger partial charge on any atom is -0.465 e. The van der Waals surface area contributed by atoms with Crippen LogP contribution in [0.5, 0.6) is 0 Å². The van der Waals surface area contributed by atoms with Crippen LogP contribution < -0.4 is 5.32 Å². The second-order valence-corrected chi connectivity index (χ2v) is 8.97. The van der Waals surface area contributed by atoms with E-state index in [2.05, 4.69) is 5.32 Å². The van der Waals surface area contributed by atoms with Crippen molar-refractivity contribution in [3.8, 4) is 0 Å². The number of hydrogen-bond donors (Lipinski definition) is 2. The Morgan fingerprint density at radius 1 is 1.21 bits per heavy atom. The summed E-state index contributed by atoms with van der Waals surface area (Å²) in [4.78, 5) is 25.8. The van der Waals surface area contributed by atoms with Gasteiger partial charge in [-0.2, -0.15) is 0 Å². The molecule has 0 spiro atoms. The number of carbonyl (C=O) groups excluding carboxylic acids is 2. The van der Waals surface area contributed by atoms with Crippen LogP contribution in [0.15, 0.2) is 30.3 Å². The molecule has 184 valence electrons. The molecular formula is C23H33NO9. The molecule has 1 aromatic rings. The maximum atomic E-state index is 13.4. The molecule has 0 saturated carbocycles. The van der Waals surface area contributed by atoms with Gasteiger partial charge in [0.25, 0.3) is 0 Å². The Morgan fingerprint density at radius 2 is 1.91 bits per heavy atom. The van der Waals surface area contributed by atoms with Gasteiger partial charge in [-0.25, -0.2) is 4.79 Å². The van der Waals surface area contributed by atoms with Crippen molar-refractivity contribution in [2.24, 2.45) is 5.41 Å². The number of hydrogen-bond acceptors (Lipinski definition) is 9. The van der Waals surface area contributed by atoms with Crippen LogP contribution in [0.4, 0.5) is 4.79 Å². The first kappa shape index (κ1) is 25.4. The highest BCUT2D eigenvalue weighted by atomic mass is 16.7. The number of esters is 1. The van der Waals surface area contributed by atoms with E-state index in [1.165, 1.54) is 7.11 Å². The van der Waals surface area contributed by atoms with Crippen LogP contribution >= 0.6 is 0 Å². The number of alkyl carbamates (subject to hydrolysis) is 1. The predicted octanol–water partition coefficient (Wildman–Crippen LogP) is 1.91. The van der Waals surface area contributed by atoms with Crippen LogP contribution in [0.1, 0.15) is 39.5 Å². The average Bonchev–Trinajstić information content (AvgIpc) is 2.77. The van der Waals surface area contributed by atoms with Crippen molar-refractivity contribution in [3.63, 3.8) is 0 Å². The Morgan fingerprint density at radius 3 is 2.52 bits per heavy atom. The van der Waals surface area contributed by atoms with E-state index in [0.717, 1.165) is 5.56 Å². The van der Waals surface area contributed by atoms with E-state index in [-0.39, 0.29) is 19.8 Å². The highest BCUT2D eigenvalue weighted by Crippen LogP contribution is 2.45. The molecule has 0 unspecified atom stereocenters. The fraction of sp³-hybridized carbons (Fsp3) is 0.652. The number of fused-ring (bicyclic) bond motifs is 1. The summed E-state index contributed by atoms with van der Waals surface area (Å²) in [5.74, 6) is -0.748. The predicted molar refractivity (Wildman–Crippen MR) is 115 cm³/mol. The molecule has 2 saturated heterocycles. The molecule has 0 aromatic heterocycles. The number of aliphatic hydroxyl groups excluding tert-OH is 1. The van der Waals surface area contributed by atoms with Crippen LogP contribution in [0.25, 0.3) is 0 Å². The number of amides is 1. The van der Waals surface area contributed by atoms with Gasteiger partial charge in [0.05, 0.1) is 13.2 Å². The molecule has 2 aliphatic rings. The molecule has 2 aliphatic heterocycles. The number of methoxy groups -OCH3 is 1. The van der Waals surface area contributed by atoms with E-state index in [4.69, 9.17) is 28.4 Å². The maximum absolute atomic E-state index is 13.4. The second-order valence-electron chi connectivity index (χ2n) is 8.97. The summed E-state index contributed by atoms with van der Waals surface area (Å²) in [5.41, 5.74) is -1.76. The van der Waals surface area contributed by atoms with Gasteiger partial charge in [0.1, 0.15) is 29.3 Å². The molecule has 1 aromatic carbocycles. The maximum Gasteiger partial charge on any atom is 0.407 e. The fourth-order valence-electron chi connectivity index (χ4n) is 4.03. The molecule has 0 bridgehead atoms. The van der Waals surface area contributed by atoms with Crippen LogP contribution in [0.3, 0.4) is 0 Å². The largest absolute Gasteiger partial charge is 0.465 e. The molecule has 2 N–H and O–H groups in total. The van der Waals surface area contributed by atoms with Gasteiger partial charge in [-0.05, 0) is 27.7 Å². The van der Waals surface area contributed by atoms with Gasteiger partial charge in [-0.15, -0.1) is 0 Å². The first-order chi connectivity index (χ1) is 15.6. The first-order valence-electron chi connectivity index (χ1n) is 10.9. The van der Waals surface area contributed by atoms with Crippen LogP contribution in [0.2, 0.25) is 0 Å². The van der Waals surface area contributed by atoms with Crippen molar-refractivity contribution in [2.45, 2.75) is 64.2 Å². The molecule has 1 amide bonds. The van der Waals surface area contributed by atoms with Gasteiger partial charge in [-0.3, -0.25) is 4.79 Å². The second kappa shape index (κ2) is 10.4. The lowest BCUT2D eigenvalue weighted by atomic mass is 9.71. The Hall–Kier alpha value is -2.24. The van der Waals surface area contributed by atoms with Gasteiger partial charge in [-0.1, -0.05) is 30.3 Å². The standard InChI is InChI=1S/C23H33NO9/c1-6-29-20(26)23(13-24-21(27)33-22(2,3)4)16(25)19(28-5)31-15-12-30-18(32-17(15)23)14-10-8-7-9-11-14/h7-11,15-19,25H,6,12-13H2,1-5H3,(H,24,27)/t15-,16+,17-,18-,19-,23-/m1/s1. The molecule has 10 heteroatoms. The number of benzene rings is 1. The van der Waals surface area contributed by atoms with E-state index in [9.17, 15) is 14.7 Å². The molecule has 0 radical (unpaired) electrons. The van der Waals surface area contributed by atoms with E-state index < -0.39 is 54.0 Å². The van der Waals surface area contributed by atoms with Crippen LogP contribution in [-0.4, -0.2) is 74.2 Å². The van der Waals surface area contributed by atoms with Gasteiger partial charge >= 0.3 is 12.1 Å². The van der Waals surface area contributed by atoms with E-state index in [0.29, 0.717) is 0 Å². The lowest BCUT2D eigenvalue weighted by molar-refractivity contribution is -0.367. The van der Waals surface area contributed by atoms with Crippen molar-refractivity contribution in [2.75, 3.05) is 26.9 Å². The van der Waals surface area contributed by atoms with E-state index in [1.807, 2.05) is 30.3 Å². The third-order valence-corrected chi connectivity index (χ3v) is 5.51. The number of aliphatic hydroxyl groups is 1. The van der Waals surface area contributed by atoms with Crippen molar-refractivity contribution in [1.82, 2.24) is 5.32 Å². The quantitative estimate of drug-likeness (QED) is 0.604. The molecule has 0 aliphatic carbocycles. The van der Waals surface area contributed by atoms with Gasteiger partial charge in [0, 0.05) is 19.2 Å². The Kier molecular flexibility index (Phi) is 7.96. The number of ether oxygens (including phenoxy) is 6. The molecule has 2 fully saturated rings. The lowest BCUT2D eigenvalue weighted by Gasteiger charge is -2.53. The lowest BCUT2D eigenvalue weighted by Crippen LogP contribution is -2.71. The summed E-state index contributed by atoms with van der Waals surface area (Å²) < 4.78 is 33.8. The van der Waals surface area contributed by atoms with Crippen molar-refractivity contribution < 1.29 is 43.1 Å². The van der Waals surface area contributed by atoms with Crippen LogP contribution in [-0.2, 0) is 33.2 Å². The summed E-state index contributed by atoms with van der Waals surface area (Å²) in [6.45, 7) is 6.63. The highest BCUT2D eigenvalue weighted by Gasteiger charge is 2.64. The molecule has 2 heterocycles. The third kappa shape index (κ3) is 5.47. The van der Waals surface area contributed by atoms with Crippen molar-refractivity contribution in [3.05, 3.63) is 35.9 Å². The van der Waals surface area contributed by atoms with Gasteiger partial charge in [0.15, 0.2) is 12.6 Å². The Bertz CT molecular complexity index is 812. The van der Waals surface area contributed by atoms with E-state index in [1.54, 1.807) is 27.7 Å². The fourth-order valence-corrected chi connectivity index (χ4v) is 4.03. The molecule has 3 rings (SSSR count). The summed E-state index contributed by atoms with van der Waals surface area (Å²) in [5, 5.41) is 13.9. The molecule has 10 nitrogen and oxygen atoms in total. The Balaban J connectivity index is 1.97. The summed E-state index contributed by atoms with van der Waals surface area (Å²) >= 11 is 0. The first-order valence-corrected chi connectivity index (χ1v) is 10.9.